The molecule has 0 radical (unpaired) electrons. The van der Waals surface area contributed by atoms with Gasteiger partial charge in [-0.1, -0.05) is 13.8 Å². The minimum atomic E-state index is -0.587. The van der Waals surface area contributed by atoms with E-state index in [1.807, 2.05) is 13.8 Å². The van der Waals surface area contributed by atoms with E-state index < -0.39 is 17.3 Å². The molecule has 2 aromatic rings. The van der Waals surface area contributed by atoms with E-state index >= 15 is 0 Å². The Hall–Kier alpha value is -1.89. The first-order chi connectivity index (χ1) is 9.00. The highest BCUT2D eigenvalue weighted by atomic mass is 32.1. The Kier molecular flexibility index (Phi) is 3.84. The molecule has 7 heteroatoms. The van der Waals surface area contributed by atoms with Gasteiger partial charge >= 0.3 is 0 Å². The maximum absolute atomic E-state index is 12.1. The number of hydrogen-bond acceptors (Lipinski definition) is 5. The first kappa shape index (κ1) is 13.5. The highest BCUT2D eigenvalue weighted by Gasteiger charge is 2.19. The second-order valence-electron chi connectivity index (χ2n) is 4.61. The minimum absolute atomic E-state index is 0.306. The van der Waals surface area contributed by atoms with Crippen LogP contribution in [0.15, 0.2) is 16.4 Å². The molecule has 0 spiro atoms. The molecule has 0 atom stereocenters. The standard InChI is InChI=1S/C12H15N3O3S/c1-7(2)3-4-13-9(16)8-10(17)14-12-15(11(8)18)5-6-19-12/h5-7,17H,3-4H2,1-2H3,(H,13,16). The van der Waals surface area contributed by atoms with Gasteiger partial charge in [0.2, 0.25) is 5.88 Å². The second kappa shape index (κ2) is 5.40. The van der Waals surface area contributed by atoms with Crippen molar-refractivity contribution in [1.29, 1.82) is 0 Å². The van der Waals surface area contributed by atoms with Crippen LogP contribution in [0, 0.1) is 5.92 Å². The van der Waals surface area contributed by atoms with Gasteiger partial charge in [0.15, 0.2) is 10.5 Å². The van der Waals surface area contributed by atoms with Crippen LogP contribution in [0.1, 0.15) is 30.6 Å². The molecule has 0 aliphatic rings. The molecule has 0 aromatic carbocycles. The summed E-state index contributed by atoms with van der Waals surface area (Å²) in [5, 5.41) is 14.0. The molecule has 6 nitrogen and oxygen atoms in total. The number of fused-ring (bicyclic) bond motifs is 1. The predicted molar refractivity (Wildman–Crippen MR) is 72.8 cm³/mol. The molecule has 2 rings (SSSR count). The van der Waals surface area contributed by atoms with Gasteiger partial charge in [0, 0.05) is 18.1 Å². The SMILES string of the molecule is CC(C)CCNC(=O)c1c(O)nc2sccn2c1=O. The van der Waals surface area contributed by atoms with E-state index in [9.17, 15) is 14.7 Å². The van der Waals surface area contributed by atoms with Crippen molar-refractivity contribution in [2.24, 2.45) is 5.92 Å². The molecule has 0 fully saturated rings. The van der Waals surface area contributed by atoms with Crippen LogP contribution < -0.4 is 10.9 Å². The quantitative estimate of drug-likeness (QED) is 0.883. The van der Waals surface area contributed by atoms with Gasteiger partial charge < -0.3 is 10.4 Å². The van der Waals surface area contributed by atoms with Crippen molar-refractivity contribution >= 4 is 22.2 Å². The lowest BCUT2D eigenvalue weighted by atomic mass is 10.1. The number of aromatic hydroxyl groups is 1. The maximum Gasteiger partial charge on any atom is 0.275 e. The van der Waals surface area contributed by atoms with Gasteiger partial charge in [-0.05, 0) is 12.3 Å². The molecule has 102 valence electrons. The van der Waals surface area contributed by atoms with Crippen molar-refractivity contribution in [1.82, 2.24) is 14.7 Å². The Bertz CT molecular complexity index is 660. The summed E-state index contributed by atoms with van der Waals surface area (Å²) in [4.78, 5) is 28.2. The topological polar surface area (TPSA) is 83.7 Å². The molecule has 0 saturated carbocycles. The van der Waals surface area contributed by atoms with E-state index in [4.69, 9.17) is 0 Å². The molecule has 2 aromatic heterocycles. The zero-order valence-corrected chi connectivity index (χ0v) is 11.5. The molecule has 2 heterocycles. The number of carbonyl (C=O) groups is 1. The van der Waals surface area contributed by atoms with Crippen LogP contribution in [-0.2, 0) is 0 Å². The summed E-state index contributed by atoms with van der Waals surface area (Å²) in [7, 11) is 0. The molecular weight excluding hydrogens is 266 g/mol. The van der Waals surface area contributed by atoms with E-state index in [-0.39, 0.29) is 5.56 Å². The zero-order chi connectivity index (χ0) is 14.0. The lowest BCUT2D eigenvalue weighted by Gasteiger charge is -2.07. The summed E-state index contributed by atoms with van der Waals surface area (Å²) in [6, 6.07) is 0. The third-order valence-electron chi connectivity index (χ3n) is 2.68. The molecule has 0 saturated heterocycles. The highest BCUT2D eigenvalue weighted by molar-refractivity contribution is 7.15. The minimum Gasteiger partial charge on any atom is -0.492 e. The number of amides is 1. The molecule has 0 unspecified atom stereocenters. The van der Waals surface area contributed by atoms with Gasteiger partial charge in [-0.15, -0.1) is 11.3 Å². The lowest BCUT2D eigenvalue weighted by molar-refractivity contribution is 0.0947. The number of rotatable bonds is 4. The van der Waals surface area contributed by atoms with Gasteiger partial charge in [0.05, 0.1) is 0 Å². The van der Waals surface area contributed by atoms with Crippen LogP contribution in [0.25, 0.3) is 4.96 Å². The largest absolute Gasteiger partial charge is 0.492 e. The maximum atomic E-state index is 12.1. The van der Waals surface area contributed by atoms with E-state index in [0.717, 1.165) is 6.42 Å². The van der Waals surface area contributed by atoms with Crippen LogP contribution in [0.3, 0.4) is 0 Å². The highest BCUT2D eigenvalue weighted by Crippen LogP contribution is 2.14. The normalized spacial score (nSPS) is 11.1. The van der Waals surface area contributed by atoms with Gasteiger partial charge in [0.1, 0.15) is 0 Å². The van der Waals surface area contributed by atoms with Crippen LogP contribution in [-0.4, -0.2) is 26.9 Å². The second-order valence-corrected chi connectivity index (χ2v) is 5.48. The zero-order valence-electron chi connectivity index (χ0n) is 10.7. The van der Waals surface area contributed by atoms with Crippen molar-refractivity contribution in [3.63, 3.8) is 0 Å². The van der Waals surface area contributed by atoms with Crippen molar-refractivity contribution < 1.29 is 9.90 Å². The van der Waals surface area contributed by atoms with Crippen LogP contribution in [0.4, 0.5) is 0 Å². The Balaban J connectivity index is 2.29. The Labute approximate surface area is 113 Å². The monoisotopic (exact) mass is 281 g/mol. The first-order valence-electron chi connectivity index (χ1n) is 5.97. The van der Waals surface area contributed by atoms with Crippen LogP contribution >= 0.6 is 11.3 Å². The average Bonchev–Trinajstić information content (AvgIpc) is 2.76. The molecule has 0 aliphatic heterocycles. The van der Waals surface area contributed by atoms with Gasteiger partial charge in [-0.25, -0.2) is 0 Å². The fraction of sp³-hybridized carbons (Fsp3) is 0.417. The van der Waals surface area contributed by atoms with Crippen LogP contribution in [0.5, 0.6) is 5.88 Å². The van der Waals surface area contributed by atoms with Gasteiger partial charge in [-0.3, -0.25) is 14.0 Å². The summed E-state index contributed by atoms with van der Waals surface area (Å²) >= 11 is 1.22. The van der Waals surface area contributed by atoms with Crippen molar-refractivity contribution in [3.8, 4) is 5.88 Å². The molecular formula is C12H15N3O3S. The number of nitrogens with zero attached hydrogens (tertiary/aromatic N) is 2. The Morgan fingerprint density at radius 3 is 3.00 bits per heavy atom. The third kappa shape index (κ3) is 2.76. The van der Waals surface area contributed by atoms with Crippen LogP contribution in [0.2, 0.25) is 0 Å². The fourth-order valence-electron chi connectivity index (χ4n) is 1.63. The Morgan fingerprint density at radius 1 is 1.58 bits per heavy atom. The van der Waals surface area contributed by atoms with E-state index in [2.05, 4.69) is 10.3 Å². The van der Waals surface area contributed by atoms with Gasteiger partial charge in [0.25, 0.3) is 11.5 Å². The number of nitrogens with one attached hydrogen (secondary N) is 1. The lowest BCUT2D eigenvalue weighted by Crippen LogP contribution is -2.32. The van der Waals surface area contributed by atoms with E-state index in [1.165, 1.54) is 21.9 Å². The third-order valence-corrected chi connectivity index (χ3v) is 3.44. The Morgan fingerprint density at radius 2 is 2.32 bits per heavy atom. The van der Waals surface area contributed by atoms with Gasteiger partial charge in [-0.2, -0.15) is 4.98 Å². The number of thiazole rings is 1. The molecule has 0 aliphatic carbocycles. The number of hydrogen-bond donors (Lipinski definition) is 2. The van der Waals surface area contributed by atoms with Crippen molar-refractivity contribution in [2.75, 3.05) is 6.54 Å². The summed E-state index contributed by atoms with van der Waals surface area (Å²) < 4.78 is 1.25. The smallest absolute Gasteiger partial charge is 0.275 e. The fourth-order valence-corrected chi connectivity index (χ4v) is 2.33. The summed E-state index contributed by atoms with van der Waals surface area (Å²) in [5.41, 5.74) is -0.856. The molecule has 19 heavy (non-hydrogen) atoms. The van der Waals surface area contributed by atoms with Crippen molar-refractivity contribution in [3.05, 3.63) is 27.5 Å². The molecule has 2 N–H and O–H groups in total. The summed E-state index contributed by atoms with van der Waals surface area (Å²) in [5.74, 6) is -0.654. The summed E-state index contributed by atoms with van der Waals surface area (Å²) in [6.45, 7) is 4.54. The number of carbonyl (C=O) groups excluding carboxylic acids is 1. The molecule has 0 bridgehead atoms. The number of aromatic nitrogens is 2. The predicted octanol–water partition coefficient (Wildman–Crippen LogP) is 1.24. The van der Waals surface area contributed by atoms with E-state index in [1.54, 1.807) is 5.38 Å². The van der Waals surface area contributed by atoms with E-state index in [0.29, 0.717) is 17.4 Å². The first-order valence-corrected chi connectivity index (χ1v) is 6.85. The molecule has 1 amide bonds. The van der Waals surface area contributed by atoms with Crippen molar-refractivity contribution in [2.45, 2.75) is 20.3 Å². The average molecular weight is 281 g/mol. The summed E-state index contributed by atoms with van der Waals surface area (Å²) in [6.07, 6.45) is 2.33.